The number of carboxylic acids is 2. The molecule has 0 aliphatic carbocycles. The molecular weight excluding hydrogens is 286 g/mol. The summed E-state index contributed by atoms with van der Waals surface area (Å²) in [5, 5.41) is 11.5. The molecule has 2 unspecified atom stereocenters. The van der Waals surface area contributed by atoms with Crippen molar-refractivity contribution in [2.24, 2.45) is 0 Å². The van der Waals surface area contributed by atoms with Gasteiger partial charge in [-0.25, -0.2) is 0 Å². The molecule has 3 N–H and O–H groups in total. The predicted molar refractivity (Wildman–Crippen MR) is 46.0 cm³/mol. The summed E-state index contributed by atoms with van der Waals surface area (Å²) in [6.07, 6.45) is 0. The van der Waals surface area contributed by atoms with E-state index in [1.165, 1.54) is 0 Å². The monoisotopic (exact) mass is 291 g/mol. The Bertz CT molecular complexity index is 495. The molecule has 1 fully saturated rings. The van der Waals surface area contributed by atoms with Crippen molar-refractivity contribution in [3.8, 4) is 0 Å². The number of aliphatic carboxylic acids is 2. The van der Waals surface area contributed by atoms with Crippen LogP contribution in [0, 0.1) is 0 Å². The molecule has 0 spiro atoms. The van der Waals surface area contributed by atoms with E-state index in [2.05, 4.69) is 8.57 Å². The second-order valence-electron chi connectivity index (χ2n) is 2.75. The molecule has 1 heterocycles. The highest BCUT2D eigenvalue weighted by molar-refractivity contribution is 7.92. The molecule has 17 heavy (non-hydrogen) atoms. The molecule has 0 amide bonds. The van der Waals surface area contributed by atoms with E-state index in [1.807, 2.05) is 0 Å². The molecule has 0 aromatic rings. The molecule has 1 aliphatic heterocycles. The molecule has 13 heteroatoms. The largest absolute Gasteiger partial charge is 0.480 e. The van der Waals surface area contributed by atoms with Gasteiger partial charge in [-0.2, -0.15) is 25.4 Å². The maximum absolute atomic E-state index is 11.2. The van der Waals surface area contributed by atoms with Crippen LogP contribution < -0.4 is 5.64 Å². The van der Waals surface area contributed by atoms with Gasteiger partial charge in [-0.05, 0) is 5.64 Å². The molecule has 1 rings (SSSR count). The Balaban J connectivity index is 3.50. The van der Waals surface area contributed by atoms with Crippen LogP contribution in [0.25, 0.3) is 0 Å². The lowest BCUT2D eigenvalue weighted by atomic mass is 10.3. The fraction of sp³-hybridized carbons (Fsp3) is 0.500. The molecule has 0 aromatic carbocycles. The van der Waals surface area contributed by atoms with Crippen molar-refractivity contribution >= 4 is 32.2 Å². The summed E-state index contributed by atoms with van der Waals surface area (Å²) in [7, 11) is -10.0. The standard InChI is InChI=1S/C4H5NO10S2/c6-3(7)1-2(4(8)9)17(12,13)15-5-14-16(1,10)11/h1-2,5H,(H,6,7)(H,8,9). The maximum atomic E-state index is 11.2. The van der Waals surface area contributed by atoms with Crippen LogP contribution in [0.3, 0.4) is 0 Å². The first-order chi connectivity index (χ1) is 7.59. The van der Waals surface area contributed by atoms with Gasteiger partial charge in [-0.15, -0.1) is 0 Å². The van der Waals surface area contributed by atoms with E-state index in [-0.39, 0.29) is 0 Å². The number of rotatable bonds is 2. The maximum Gasteiger partial charge on any atom is 0.326 e. The fourth-order valence-electron chi connectivity index (χ4n) is 1.02. The minimum absolute atomic E-state index is 0.995. The number of hydrogen-bond acceptors (Lipinski definition) is 9. The van der Waals surface area contributed by atoms with Crippen LogP contribution in [0.5, 0.6) is 0 Å². The molecular formula is C4H5NO10S2. The van der Waals surface area contributed by atoms with Crippen LogP contribution in [0.15, 0.2) is 0 Å². The molecule has 2 atom stereocenters. The molecule has 0 saturated carbocycles. The van der Waals surface area contributed by atoms with Crippen molar-refractivity contribution in [3.05, 3.63) is 0 Å². The third-order valence-electron chi connectivity index (χ3n) is 1.68. The smallest absolute Gasteiger partial charge is 0.326 e. The van der Waals surface area contributed by atoms with Gasteiger partial charge in [0.2, 0.25) is 10.5 Å². The van der Waals surface area contributed by atoms with E-state index in [0.29, 0.717) is 0 Å². The normalized spacial score (nSPS) is 31.3. The molecule has 11 nitrogen and oxygen atoms in total. The highest BCUT2D eigenvalue weighted by Crippen LogP contribution is 2.20. The van der Waals surface area contributed by atoms with Gasteiger partial charge >= 0.3 is 32.2 Å². The Labute approximate surface area is 94.1 Å². The molecule has 98 valence electrons. The van der Waals surface area contributed by atoms with Gasteiger partial charge in [0, 0.05) is 0 Å². The Morgan fingerprint density at radius 3 is 1.41 bits per heavy atom. The minimum atomic E-state index is -5.02. The SMILES string of the molecule is O=C(O)C1C(C(=O)O)S(=O)(=O)ONOS1(=O)=O. The number of nitrogens with one attached hydrogen (secondary N) is 1. The predicted octanol–water partition coefficient (Wildman–Crippen LogP) is -2.98. The molecule has 0 radical (unpaired) electrons. The van der Waals surface area contributed by atoms with Gasteiger partial charge in [0.05, 0.1) is 0 Å². The van der Waals surface area contributed by atoms with Crippen LogP contribution in [0.1, 0.15) is 0 Å². The first kappa shape index (κ1) is 13.8. The molecule has 1 aliphatic rings. The fourth-order valence-corrected chi connectivity index (χ4v) is 3.68. The van der Waals surface area contributed by atoms with E-state index < -0.39 is 42.7 Å². The second kappa shape index (κ2) is 4.19. The zero-order valence-electron chi connectivity index (χ0n) is 7.63. The zero-order valence-corrected chi connectivity index (χ0v) is 9.26. The van der Waals surface area contributed by atoms with Crippen LogP contribution >= 0.6 is 0 Å². The Kier molecular flexibility index (Phi) is 3.40. The van der Waals surface area contributed by atoms with Crippen molar-refractivity contribution in [3.63, 3.8) is 0 Å². The lowest BCUT2D eigenvalue weighted by molar-refractivity contribution is -0.142. The van der Waals surface area contributed by atoms with Crippen LogP contribution in [0.4, 0.5) is 0 Å². The zero-order chi connectivity index (χ0) is 13.4. The summed E-state index contributed by atoms with van der Waals surface area (Å²) in [5.41, 5.74) is 0.995. The Hall–Kier alpha value is -1.28. The lowest BCUT2D eigenvalue weighted by Crippen LogP contribution is -2.48. The van der Waals surface area contributed by atoms with Crippen molar-refractivity contribution in [2.75, 3.05) is 0 Å². The van der Waals surface area contributed by atoms with E-state index in [1.54, 1.807) is 0 Å². The highest BCUT2D eigenvalue weighted by Gasteiger charge is 2.55. The Morgan fingerprint density at radius 2 is 1.18 bits per heavy atom. The third-order valence-corrected chi connectivity index (χ3v) is 4.65. The van der Waals surface area contributed by atoms with Crippen molar-refractivity contribution in [1.82, 2.24) is 5.64 Å². The first-order valence-electron chi connectivity index (χ1n) is 3.65. The average Bonchev–Trinajstić information content (AvgIpc) is 2.19. The highest BCUT2D eigenvalue weighted by atomic mass is 32.2. The minimum Gasteiger partial charge on any atom is -0.480 e. The lowest BCUT2D eigenvalue weighted by Gasteiger charge is -2.13. The van der Waals surface area contributed by atoms with Gasteiger partial charge in [-0.3, -0.25) is 9.59 Å². The number of hydrogen-bond donors (Lipinski definition) is 3. The van der Waals surface area contributed by atoms with Gasteiger partial charge in [0.25, 0.3) is 0 Å². The van der Waals surface area contributed by atoms with Gasteiger partial charge in [-0.1, -0.05) is 0 Å². The summed E-state index contributed by atoms with van der Waals surface area (Å²) in [5.74, 6) is -4.40. The van der Waals surface area contributed by atoms with Gasteiger partial charge < -0.3 is 10.2 Å². The summed E-state index contributed by atoms with van der Waals surface area (Å²) in [6, 6.07) is 0. The Morgan fingerprint density at radius 1 is 0.882 bits per heavy atom. The summed E-state index contributed by atoms with van der Waals surface area (Å²) < 4.78 is 52.0. The average molecular weight is 291 g/mol. The quantitative estimate of drug-likeness (QED) is 0.473. The second-order valence-corrected chi connectivity index (χ2v) is 6.07. The van der Waals surface area contributed by atoms with Crippen LogP contribution in [-0.4, -0.2) is 49.5 Å². The molecule has 0 aromatic heterocycles. The topological polar surface area (TPSA) is 173 Å². The van der Waals surface area contributed by atoms with E-state index in [0.717, 1.165) is 5.64 Å². The van der Waals surface area contributed by atoms with E-state index in [4.69, 9.17) is 10.2 Å². The number of carboxylic acid groups (broad SMARTS) is 2. The van der Waals surface area contributed by atoms with Crippen LogP contribution in [0.2, 0.25) is 0 Å². The van der Waals surface area contributed by atoms with Gasteiger partial charge in [0.1, 0.15) is 0 Å². The summed E-state index contributed by atoms with van der Waals surface area (Å²) in [6.45, 7) is 0. The first-order valence-corrected chi connectivity index (χ1v) is 6.59. The molecule has 0 bridgehead atoms. The van der Waals surface area contributed by atoms with E-state index in [9.17, 15) is 26.4 Å². The van der Waals surface area contributed by atoms with Crippen LogP contribution in [-0.2, 0) is 38.4 Å². The number of carbonyl (C=O) groups is 2. The van der Waals surface area contributed by atoms with Crippen molar-refractivity contribution in [1.29, 1.82) is 0 Å². The van der Waals surface area contributed by atoms with Crippen molar-refractivity contribution < 1.29 is 45.2 Å². The summed E-state index contributed by atoms with van der Waals surface area (Å²) in [4.78, 5) is 21.3. The van der Waals surface area contributed by atoms with E-state index >= 15 is 0 Å². The molecule has 1 saturated heterocycles. The third kappa shape index (κ3) is 2.52. The van der Waals surface area contributed by atoms with Crippen molar-refractivity contribution in [2.45, 2.75) is 10.5 Å². The summed E-state index contributed by atoms with van der Waals surface area (Å²) >= 11 is 0. The van der Waals surface area contributed by atoms with Gasteiger partial charge in [0.15, 0.2) is 0 Å².